The summed E-state index contributed by atoms with van der Waals surface area (Å²) in [4.78, 5) is 29.8. The van der Waals surface area contributed by atoms with Gasteiger partial charge in [0.05, 0.1) is 0 Å². The number of carbonyl (C=O) groups excluding carboxylic acids is 2. The second kappa shape index (κ2) is 8.60. The SMILES string of the molecule is CSc1cccc(N2C(=O)c3ccccc3CC2(C)C(=O)NCc2ccc(C)cc2)c1. The molecule has 3 aromatic carbocycles. The Morgan fingerprint density at radius 2 is 1.81 bits per heavy atom. The topological polar surface area (TPSA) is 49.4 Å². The summed E-state index contributed by atoms with van der Waals surface area (Å²) in [5.41, 5.74) is 3.46. The Hall–Kier alpha value is -3.05. The van der Waals surface area contributed by atoms with Crippen LogP contribution in [0.4, 0.5) is 5.69 Å². The summed E-state index contributed by atoms with van der Waals surface area (Å²) in [6.07, 6.45) is 2.46. The van der Waals surface area contributed by atoms with E-state index in [1.165, 1.54) is 5.56 Å². The highest BCUT2D eigenvalue weighted by molar-refractivity contribution is 7.98. The third-order valence-electron chi connectivity index (χ3n) is 5.85. The maximum Gasteiger partial charge on any atom is 0.259 e. The van der Waals surface area contributed by atoms with Crippen LogP contribution in [0.5, 0.6) is 0 Å². The second-order valence-electron chi connectivity index (χ2n) is 8.12. The molecule has 31 heavy (non-hydrogen) atoms. The fourth-order valence-electron chi connectivity index (χ4n) is 4.09. The van der Waals surface area contributed by atoms with Crippen LogP contribution in [-0.2, 0) is 17.8 Å². The molecular formula is C26H26N2O2S. The van der Waals surface area contributed by atoms with E-state index in [0.29, 0.717) is 18.5 Å². The first-order chi connectivity index (χ1) is 14.9. The van der Waals surface area contributed by atoms with E-state index >= 15 is 0 Å². The number of fused-ring (bicyclic) bond motifs is 1. The molecule has 4 nitrogen and oxygen atoms in total. The van der Waals surface area contributed by atoms with Gasteiger partial charge in [-0.3, -0.25) is 14.5 Å². The molecule has 0 aliphatic carbocycles. The number of anilines is 1. The number of benzene rings is 3. The molecule has 0 saturated carbocycles. The van der Waals surface area contributed by atoms with Crippen molar-refractivity contribution in [2.24, 2.45) is 0 Å². The van der Waals surface area contributed by atoms with E-state index in [4.69, 9.17) is 0 Å². The van der Waals surface area contributed by atoms with Crippen molar-refractivity contribution in [1.29, 1.82) is 0 Å². The number of aryl methyl sites for hydroxylation is 1. The van der Waals surface area contributed by atoms with Crippen LogP contribution in [0, 0.1) is 6.92 Å². The number of amides is 2. The highest BCUT2D eigenvalue weighted by Crippen LogP contribution is 2.36. The fraction of sp³-hybridized carbons (Fsp3) is 0.231. The van der Waals surface area contributed by atoms with E-state index in [1.807, 2.05) is 92.9 Å². The molecule has 5 heteroatoms. The highest BCUT2D eigenvalue weighted by atomic mass is 32.2. The van der Waals surface area contributed by atoms with Gasteiger partial charge in [0.2, 0.25) is 5.91 Å². The van der Waals surface area contributed by atoms with Crippen LogP contribution in [0.25, 0.3) is 0 Å². The van der Waals surface area contributed by atoms with Crippen molar-refractivity contribution < 1.29 is 9.59 Å². The minimum atomic E-state index is -1.03. The van der Waals surface area contributed by atoms with E-state index < -0.39 is 5.54 Å². The average molecular weight is 431 g/mol. The minimum absolute atomic E-state index is 0.145. The minimum Gasteiger partial charge on any atom is -0.350 e. The molecule has 0 bridgehead atoms. The van der Waals surface area contributed by atoms with E-state index in [9.17, 15) is 9.59 Å². The molecule has 0 fully saturated rings. The van der Waals surface area contributed by atoms with Gasteiger partial charge in [0.25, 0.3) is 5.91 Å². The molecule has 2 amide bonds. The number of rotatable bonds is 5. The summed E-state index contributed by atoms with van der Waals surface area (Å²) in [6, 6.07) is 23.5. The maximum absolute atomic E-state index is 13.6. The molecule has 1 heterocycles. The van der Waals surface area contributed by atoms with Crippen LogP contribution < -0.4 is 10.2 Å². The third kappa shape index (κ3) is 4.10. The molecule has 0 aromatic heterocycles. The lowest BCUT2D eigenvalue weighted by Gasteiger charge is -2.44. The fourth-order valence-corrected chi connectivity index (χ4v) is 4.54. The van der Waals surface area contributed by atoms with Crippen molar-refractivity contribution >= 4 is 29.3 Å². The number of nitrogens with one attached hydrogen (secondary N) is 1. The first-order valence-corrected chi connectivity index (χ1v) is 11.6. The van der Waals surface area contributed by atoms with Crippen molar-refractivity contribution in [1.82, 2.24) is 5.32 Å². The Labute approximate surface area is 187 Å². The van der Waals surface area contributed by atoms with Gasteiger partial charge in [0.1, 0.15) is 5.54 Å². The maximum atomic E-state index is 13.6. The smallest absolute Gasteiger partial charge is 0.259 e. The Balaban J connectivity index is 1.71. The predicted octanol–water partition coefficient (Wildman–Crippen LogP) is 4.99. The summed E-state index contributed by atoms with van der Waals surface area (Å²) >= 11 is 1.61. The van der Waals surface area contributed by atoms with Crippen LogP contribution >= 0.6 is 11.8 Å². The molecular weight excluding hydrogens is 404 g/mol. The molecule has 1 aliphatic heterocycles. The van der Waals surface area contributed by atoms with Crippen molar-refractivity contribution in [3.8, 4) is 0 Å². The van der Waals surface area contributed by atoms with Crippen LogP contribution in [0.1, 0.15) is 34.0 Å². The van der Waals surface area contributed by atoms with Gasteiger partial charge in [-0.1, -0.05) is 54.1 Å². The predicted molar refractivity (Wildman–Crippen MR) is 127 cm³/mol. The van der Waals surface area contributed by atoms with Gasteiger partial charge in [0, 0.05) is 29.1 Å². The summed E-state index contributed by atoms with van der Waals surface area (Å²) in [5, 5.41) is 3.07. The molecule has 158 valence electrons. The van der Waals surface area contributed by atoms with E-state index in [0.717, 1.165) is 21.7 Å². The Morgan fingerprint density at radius 3 is 2.55 bits per heavy atom. The summed E-state index contributed by atoms with van der Waals surface area (Å²) in [6.45, 7) is 4.31. The molecule has 1 N–H and O–H groups in total. The van der Waals surface area contributed by atoms with Gasteiger partial charge in [-0.2, -0.15) is 0 Å². The van der Waals surface area contributed by atoms with Gasteiger partial charge in [-0.05, 0) is 55.5 Å². The molecule has 0 radical (unpaired) electrons. The number of nitrogens with zero attached hydrogens (tertiary/aromatic N) is 1. The molecule has 1 aliphatic rings. The molecule has 0 spiro atoms. The molecule has 0 saturated heterocycles. The quantitative estimate of drug-likeness (QED) is 0.580. The Morgan fingerprint density at radius 1 is 1.06 bits per heavy atom. The standard InChI is InChI=1S/C26H26N2O2S/c1-18-11-13-19(14-12-18)17-27-25(30)26(2)16-20-7-4-5-10-23(20)24(29)28(26)21-8-6-9-22(15-21)31-3/h4-15H,16-17H2,1-3H3,(H,27,30). The van der Waals surface area contributed by atoms with E-state index in [-0.39, 0.29) is 11.8 Å². The average Bonchev–Trinajstić information content (AvgIpc) is 2.78. The molecule has 1 atom stereocenters. The first kappa shape index (κ1) is 21.2. The summed E-state index contributed by atoms with van der Waals surface area (Å²) in [7, 11) is 0. The monoisotopic (exact) mass is 430 g/mol. The van der Waals surface area contributed by atoms with E-state index in [1.54, 1.807) is 16.7 Å². The zero-order valence-corrected chi connectivity index (χ0v) is 18.8. The van der Waals surface area contributed by atoms with Crippen molar-refractivity contribution in [3.05, 3.63) is 95.1 Å². The lowest BCUT2D eigenvalue weighted by Crippen LogP contribution is -2.63. The normalized spacial score (nSPS) is 17.9. The second-order valence-corrected chi connectivity index (χ2v) is 9.00. The van der Waals surface area contributed by atoms with Gasteiger partial charge < -0.3 is 5.32 Å². The van der Waals surface area contributed by atoms with E-state index in [2.05, 4.69) is 5.32 Å². The zero-order valence-electron chi connectivity index (χ0n) is 18.0. The van der Waals surface area contributed by atoms with Gasteiger partial charge in [0.15, 0.2) is 0 Å². The van der Waals surface area contributed by atoms with Crippen molar-refractivity contribution in [2.75, 3.05) is 11.2 Å². The number of carbonyl (C=O) groups is 2. The van der Waals surface area contributed by atoms with Gasteiger partial charge >= 0.3 is 0 Å². The summed E-state index contributed by atoms with van der Waals surface area (Å²) < 4.78 is 0. The van der Waals surface area contributed by atoms with Crippen LogP contribution in [0.15, 0.2) is 77.7 Å². The van der Waals surface area contributed by atoms with Crippen molar-refractivity contribution in [3.63, 3.8) is 0 Å². The molecule has 1 unspecified atom stereocenters. The highest BCUT2D eigenvalue weighted by Gasteiger charge is 2.47. The van der Waals surface area contributed by atoms with Crippen molar-refractivity contribution in [2.45, 2.75) is 37.2 Å². The lowest BCUT2D eigenvalue weighted by molar-refractivity contribution is -0.126. The first-order valence-electron chi connectivity index (χ1n) is 10.3. The lowest BCUT2D eigenvalue weighted by atomic mass is 9.82. The zero-order chi connectivity index (χ0) is 22.0. The van der Waals surface area contributed by atoms with Crippen LogP contribution in [-0.4, -0.2) is 23.6 Å². The number of hydrogen-bond acceptors (Lipinski definition) is 3. The van der Waals surface area contributed by atoms with Gasteiger partial charge in [-0.25, -0.2) is 0 Å². The molecule has 4 rings (SSSR count). The Bertz CT molecular complexity index is 1130. The van der Waals surface area contributed by atoms with Crippen LogP contribution in [0.3, 0.4) is 0 Å². The molecule has 3 aromatic rings. The van der Waals surface area contributed by atoms with Crippen LogP contribution in [0.2, 0.25) is 0 Å². The number of hydrogen-bond donors (Lipinski definition) is 1. The number of thioether (sulfide) groups is 1. The Kier molecular flexibility index (Phi) is 5.88. The largest absolute Gasteiger partial charge is 0.350 e. The third-order valence-corrected chi connectivity index (χ3v) is 6.58. The van der Waals surface area contributed by atoms with Gasteiger partial charge in [-0.15, -0.1) is 11.8 Å². The summed E-state index contributed by atoms with van der Waals surface area (Å²) in [5.74, 6) is -0.307.